The number of benzene rings is 2. The van der Waals surface area contributed by atoms with Crippen LogP contribution in [-0.2, 0) is 35.1 Å². The molecular weight excluding hydrogens is 951 g/mol. The summed E-state index contributed by atoms with van der Waals surface area (Å²) in [5.74, 6) is 1.78. The second kappa shape index (κ2) is 29.5. The smallest absolute Gasteiger partial charge is 0.315 e. The van der Waals surface area contributed by atoms with Gasteiger partial charge in [-0.3, -0.25) is 29.1 Å². The second-order valence-electron chi connectivity index (χ2n) is 19.5. The Balaban J connectivity index is 0.675. The molecule has 0 aliphatic carbocycles. The molecule has 4 saturated heterocycles. The third-order valence-corrected chi connectivity index (χ3v) is 15.4. The number of piperidine rings is 2. The first-order valence-electron chi connectivity index (χ1n) is 26.2. The quantitative estimate of drug-likeness (QED) is 0.0353. The van der Waals surface area contributed by atoms with Gasteiger partial charge >= 0.3 is 6.03 Å². The number of carbonyl (C=O) groups excluding carboxylic acids is 5. The van der Waals surface area contributed by atoms with Crippen molar-refractivity contribution in [3.63, 3.8) is 0 Å². The van der Waals surface area contributed by atoms with Crippen molar-refractivity contribution in [2.75, 3.05) is 90.1 Å². The number of fused-ring (bicyclic) bond motifs is 1. The molecule has 4 amide bonds. The van der Waals surface area contributed by atoms with E-state index in [0.717, 1.165) is 63.1 Å². The molecule has 394 valence electrons. The van der Waals surface area contributed by atoms with Crippen molar-refractivity contribution in [1.29, 1.82) is 5.26 Å². The third-order valence-electron chi connectivity index (χ3n) is 13.9. The van der Waals surface area contributed by atoms with E-state index >= 15 is 0 Å². The largest absolute Gasteiger partial charge is 0.488 e. The van der Waals surface area contributed by atoms with Gasteiger partial charge in [0.25, 0.3) is 5.91 Å². The Morgan fingerprint density at radius 2 is 1.49 bits per heavy atom. The molecule has 0 bridgehead atoms. The van der Waals surface area contributed by atoms with E-state index in [-0.39, 0.29) is 60.6 Å². The fraction of sp³-hybridized carbons (Fsp3) is 0.582. The number of hydrogen-bond donors (Lipinski definition) is 3. The van der Waals surface area contributed by atoms with Gasteiger partial charge in [-0.25, -0.2) is 4.79 Å². The minimum Gasteiger partial charge on any atom is -0.488 e. The van der Waals surface area contributed by atoms with Crippen molar-refractivity contribution < 1.29 is 47.7 Å². The number of thioether (sulfide) groups is 1. The minimum atomic E-state index is -0.194. The Morgan fingerprint density at radius 3 is 2.19 bits per heavy atom. The molecule has 3 aromatic rings. The molecule has 3 N–H and O–H groups in total. The standard InChI is InChI=1S/C55H73N7O10S/c1-39-8-15-50(72-45-18-23-62(24-19-45)54(66)46-14-13-43(36-57-46)49(64)34-40-16-21-61(22-17-40)37-42-11-9-41(35-56)10-12-42)47(33-39)58-52(65)20-26-69-28-30-71-32-31-70-29-27-68-25-4-6-44(63)5-2-3-7-51-53-48(38-73-51)59-55(67)60-53/h8-15,33,36,40,45,48,51,53H,2-7,16-32,34,37-38H2,1H3,(H,58,65)(H2,59,60,67)/t48-,51?,53-/m0/s1. The van der Waals surface area contributed by atoms with Crippen molar-refractivity contribution in [1.82, 2.24) is 25.4 Å². The number of anilines is 1. The number of likely N-dealkylation sites (tertiary alicyclic amines) is 2. The molecule has 0 saturated carbocycles. The maximum atomic E-state index is 13.4. The minimum absolute atomic E-state index is 0.0459. The molecule has 4 fully saturated rings. The number of ether oxygens (including phenoxy) is 5. The van der Waals surface area contributed by atoms with Gasteiger partial charge < -0.3 is 44.5 Å². The average Bonchev–Trinajstić information content (AvgIpc) is 3.96. The summed E-state index contributed by atoms with van der Waals surface area (Å²) >= 11 is 1.91. The van der Waals surface area contributed by atoms with Gasteiger partial charge in [-0.05, 0) is 106 Å². The Kier molecular flexibility index (Phi) is 22.3. The number of pyridine rings is 1. The zero-order chi connectivity index (χ0) is 51.2. The van der Waals surface area contributed by atoms with Crippen molar-refractivity contribution in [2.45, 2.75) is 114 Å². The number of hydrogen-bond acceptors (Lipinski definition) is 14. The SMILES string of the molecule is Cc1ccc(OC2CCN(C(=O)c3ccc(C(=O)CC4CCN(Cc5ccc(C#N)cc5)CC4)cn3)CC2)c(NC(=O)CCOCCOCCOCCOCCCC(=O)CCCCC2SC[C@@H]3NC(=O)N[C@H]23)c1. The number of amides is 4. The molecule has 17 nitrogen and oxygen atoms in total. The van der Waals surface area contributed by atoms with E-state index in [4.69, 9.17) is 28.9 Å². The normalized spacial score (nSPS) is 19.2. The van der Waals surface area contributed by atoms with E-state index in [1.165, 1.54) is 11.8 Å². The van der Waals surface area contributed by atoms with Crippen LogP contribution in [0.2, 0.25) is 0 Å². The zero-order valence-corrected chi connectivity index (χ0v) is 43.1. The van der Waals surface area contributed by atoms with Gasteiger partial charge in [-0.15, -0.1) is 0 Å². The van der Waals surface area contributed by atoms with Gasteiger partial charge in [0.05, 0.1) is 82.1 Å². The van der Waals surface area contributed by atoms with Crippen molar-refractivity contribution in [2.24, 2.45) is 5.92 Å². The highest BCUT2D eigenvalue weighted by Crippen LogP contribution is 2.34. The Labute approximate surface area is 434 Å². The number of nitrogens with one attached hydrogen (secondary N) is 3. The molecule has 18 heteroatoms. The second-order valence-corrected chi connectivity index (χ2v) is 20.7. The van der Waals surface area contributed by atoms with Crippen LogP contribution >= 0.6 is 11.8 Å². The fourth-order valence-electron chi connectivity index (χ4n) is 9.67. The Morgan fingerprint density at radius 1 is 0.795 bits per heavy atom. The summed E-state index contributed by atoms with van der Waals surface area (Å²) in [5, 5.41) is 18.4. The lowest BCUT2D eigenvalue weighted by atomic mass is 9.90. The van der Waals surface area contributed by atoms with E-state index in [2.05, 4.69) is 31.9 Å². The third kappa shape index (κ3) is 18.2. The summed E-state index contributed by atoms with van der Waals surface area (Å²) < 4.78 is 28.8. The maximum Gasteiger partial charge on any atom is 0.315 e. The summed E-state index contributed by atoms with van der Waals surface area (Å²) in [6, 6.07) is 19.3. The van der Waals surface area contributed by atoms with E-state index in [1.807, 2.05) is 61.2 Å². The monoisotopic (exact) mass is 1020 g/mol. The van der Waals surface area contributed by atoms with Gasteiger partial charge in [0.1, 0.15) is 23.3 Å². The highest BCUT2D eigenvalue weighted by molar-refractivity contribution is 8.00. The van der Waals surface area contributed by atoms with E-state index < -0.39 is 0 Å². The number of unbranched alkanes of at least 4 members (excludes halogenated alkanes) is 1. The van der Waals surface area contributed by atoms with Crippen molar-refractivity contribution in [3.05, 3.63) is 88.7 Å². The van der Waals surface area contributed by atoms with Gasteiger partial charge in [0, 0.05) is 81.1 Å². The Hall–Kier alpha value is -5.42. The predicted molar refractivity (Wildman–Crippen MR) is 278 cm³/mol. The average molecular weight is 1020 g/mol. The van der Waals surface area contributed by atoms with Gasteiger partial charge in [-0.2, -0.15) is 17.0 Å². The highest BCUT2D eigenvalue weighted by atomic mass is 32.2. The zero-order valence-electron chi connectivity index (χ0n) is 42.3. The van der Waals surface area contributed by atoms with Crippen LogP contribution in [0.15, 0.2) is 60.8 Å². The molecule has 1 unspecified atom stereocenters. The van der Waals surface area contributed by atoms with Crippen LogP contribution < -0.4 is 20.7 Å². The van der Waals surface area contributed by atoms with Crippen LogP contribution in [0.5, 0.6) is 5.75 Å². The summed E-state index contributed by atoms with van der Waals surface area (Å²) in [5.41, 5.74) is 4.24. The molecule has 1 aromatic heterocycles. The Bertz CT molecular complexity index is 2300. The molecule has 4 aliphatic rings. The predicted octanol–water partition coefficient (Wildman–Crippen LogP) is 6.90. The number of Topliss-reactive ketones (excluding diaryl/α,β-unsaturated/α-hetero) is 2. The number of rotatable bonds is 30. The number of aryl methyl sites for hydroxylation is 1. The maximum absolute atomic E-state index is 13.4. The number of nitriles is 1. The fourth-order valence-corrected chi connectivity index (χ4v) is 11.2. The van der Waals surface area contributed by atoms with Crippen LogP contribution in [0.1, 0.15) is 115 Å². The lowest BCUT2D eigenvalue weighted by molar-refractivity contribution is -0.119. The number of aromatic nitrogens is 1. The number of carbonyl (C=O) groups is 5. The van der Waals surface area contributed by atoms with Gasteiger partial charge in [0.2, 0.25) is 5.91 Å². The van der Waals surface area contributed by atoms with E-state index in [9.17, 15) is 24.0 Å². The van der Waals surface area contributed by atoms with E-state index in [0.29, 0.717) is 137 Å². The first-order valence-corrected chi connectivity index (χ1v) is 27.2. The first-order chi connectivity index (χ1) is 35.6. The number of ketones is 2. The lowest BCUT2D eigenvalue weighted by Crippen LogP contribution is -2.42. The van der Waals surface area contributed by atoms with Crippen LogP contribution in [-0.4, -0.2) is 152 Å². The van der Waals surface area contributed by atoms with Gasteiger partial charge in [0.15, 0.2) is 5.78 Å². The molecule has 7 rings (SSSR count). The molecule has 0 spiro atoms. The van der Waals surface area contributed by atoms with Crippen LogP contribution in [0.3, 0.4) is 0 Å². The summed E-state index contributed by atoms with van der Waals surface area (Å²) in [4.78, 5) is 71.9. The summed E-state index contributed by atoms with van der Waals surface area (Å²) in [6.07, 6.45) is 9.84. The molecular formula is C55H73N7O10S. The van der Waals surface area contributed by atoms with E-state index in [1.54, 1.807) is 17.0 Å². The van der Waals surface area contributed by atoms with Crippen LogP contribution in [0, 0.1) is 24.2 Å². The first kappa shape index (κ1) is 55.3. The molecule has 0 radical (unpaired) electrons. The summed E-state index contributed by atoms with van der Waals surface area (Å²) in [7, 11) is 0. The molecule has 5 heterocycles. The lowest BCUT2D eigenvalue weighted by Gasteiger charge is -2.32. The molecule has 3 atom stereocenters. The number of urea groups is 1. The molecule has 73 heavy (non-hydrogen) atoms. The molecule has 4 aliphatic heterocycles. The van der Waals surface area contributed by atoms with Crippen LogP contribution in [0.25, 0.3) is 0 Å². The summed E-state index contributed by atoms with van der Waals surface area (Å²) in [6.45, 7) is 8.82. The number of nitrogens with zero attached hydrogens (tertiary/aromatic N) is 4. The van der Waals surface area contributed by atoms with Gasteiger partial charge in [-0.1, -0.05) is 24.6 Å². The van der Waals surface area contributed by atoms with Crippen molar-refractivity contribution >= 4 is 46.9 Å². The molecule has 2 aromatic carbocycles. The highest BCUT2D eigenvalue weighted by Gasteiger charge is 2.42. The van der Waals surface area contributed by atoms with Crippen LogP contribution in [0.4, 0.5) is 10.5 Å². The van der Waals surface area contributed by atoms with Crippen molar-refractivity contribution in [3.8, 4) is 11.8 Å². The topological polar surface area (TPSA) is 211 Å².